The highest BCUT2D eigenvalue weighted by atomic mass is 32.1. The van der Waals surface area contributed by atoms with E-state index < -0.39 is 0 Å². The Morgan fingerprint density at radius 3 is 2.41 bits per heavy atom. The molecule has 0 aliphatic heterocycles. The summed E-state index contributed by atoms with van der Waals surface area (Å²) in [6.45, 7) is 2.54. The van der Waals surface area contributed by atoms with Gasteiger partial charge < -0.3 is 19.6 Å². The van der Waals surface area contributed by atoms with E-state index in [4.69, 9.17) is 26.5 Å². The molecule has 150 valence electrons. The Balaban J connectivity index is 1.55. The summed E-state index contributed by atoms with van der Waals surface area (Å²) in [5.41, 5.74) is 2.10. The van der Waals surface area contributed by atoms with Gasteiger partial charge in [0.1, 0.15) is 23.9 Å². The molecule has 0 aliphatic rings. The molecule has 2 aromatic carbocycles. The van der Waals surface area contributed by atoms with Crippen LogP contribution >= 0.6 is 12.2 Å². The zero-order valence-electron chi connectivity index (χ0n) is 16.0. The number of anilines is 1. The smallest absolute Gasteiger partial charge is 0.257 e. The number of hydrogen-bond donors (Lipinski definition) is 3. The second-order valence-corrected chi connectivity index (χ2v) is 6.69. The SMILES string of the molecule is CCCOc1ccc(C(=O)NC(=S)Nc2ccc(-c3ccc(CO)o3)cc2)cc1. The van der Waals surface area contributed by atoms with Crippen LogP contribution in [0.1, 0.15) is 29.5 Å². The number of ether oxygens (including phenoxy) is 1. The van der Waals surface area contributed by atoms with Crippen LogP contribution < -0.4 is 15.4 Å². The Bertz CT molecular complexity index is 965. The summed E-state index contributed by atoms with van der Waals surface area (Å²) < 4.78 is 11.0. The maximum Gasteiger partial charge on any atom is 0.257 e. The summed E-state index contributed by atoms with van der Waals surface area (Å²) in [5, 5.41) is 14.9. The molecule has 7 heteroatoms. The van der Waals surface area contributed by atoms with Gasteiger partial charge in [-0.05, 0) is 79.3 Å². The Morgan fingerprint density at radius 1 is 1.07 bits per heavy atom. The van der Waals surface area contributed by atoms with E-state index in [0.29, 0.717) is 23.7 Å². The number of thiocarbonyl (C=S) groups is 1. The third-order valence-corrected chi connectivity index (χ3v) is 4.27. The molecule has 0 bridgehead atoms. The predicted octanol–water partition coefficient (Wildman–Crippen LogP) is 4.35. The zero-order valence-corrected chi connectivity index (χ0v) is 16.8. The van der Waals surface area contributed by atoms with Crippen LogP contribution in [0.2, 0.25) is 0 Å². The number of rotatable bonds is 7. The van der Waals surface area contributed by atoms with Crippen molar-refractivity contribution >= 4 is 28.9 Å². The molecule has 0 saturated carbocycles. The number of nitrogens with one attached hydrogen (secondary N) is 2. The van der Waals surface area contributed by atoms with Gasteiger partial charge in [0.2, 0.25) is 0 Å². The molecule has 1 heterocycles. The van der Waals surface area contributed by atoms with E-state index in [2.05, 4.69) is 10.6 Å². The normalized spacial score (nSPS) is 10.4. The lowest BCUT2D eigenvalue weighted by molar-refractivity contribution is 0.0977. The standard InChI is InChI=1S/C22H22N2O4S/c1-2-13-27-18-9-5-16(6-10-18)21(26)24-22(29)23-17-7-3-15(4-8-17)20-12-11-19(14-25)28-20/h3-12,25H,2,13-14H2,1H3,(H2,23,24,26,29). The third kappa shape index (κ3) is 5.66. The number of hydrogen-bond acceptors (Lipinski definition) is 5. The fourth-order valence-electron chi connectivity index (χ4n) is 2.60. The minimum Gasteiger partial charge on any atom is -0.494 e. The van der Waals surface area contributed by atoms with Gasteiger partial charge in [0.15, 0.2) is 5.11 Å². The summed E-state index contributed by atoms with van der Waals surface area (Å²) in [6.07, 6.45) is 0.925. The van der Waals surface area contributed by atoms with Gasteiger partial charge in [0.05, 0.1) is 6.61 Å². The molecule has 0 fully saturated rings. The first kappa shape index (κ1) is 20.6. The first-order chi connectivity index (χ1) is 14.1. The van der Waals surface area contributed by atoms with Crippen LogP contribution in [0.5, 0.6) is 5.75 Å². The van der Waals surface area contributed by atoms with E-state index in [9.17, 15) is 4.79 Å². The first-order valence-electron chi connectivity index (χ1n) is 9.24. The number of amides is 1. The number of carbonyl (C=O) groups excluding carboxylic acids is 1. The van der Waals surface area contributed by atoms with Crippen molar-refractivity contribution in [2.75, 3.05) is 11.9 Å². The van der Waals surface area contributed by atoms with Gasteiger partial charge in [-0.15, -0.1) is 0 Å². The number of aliphatic hydroxyl groups is 1. The van der Waals surface area contributed by atoms with E-state index in [1.54, 1.807) is 36.4 Å². The second kappa shape index (κ2) is 9.86. The van der Waals surface area contributed by atoms with Crippen molar-refractivity contribution in [3.05, 3.63) is 72.0 Å². The molecule has 0 aliphatic carbocycles. The van der Waals surface area contributed by atoms with Crippen molar-refractivity contribution < 1.29 is 19.1 Å². The highest BCUT2D eigenvalue weighted by Gasteiger charge is 2.09. The number of furan rings is 1. The van der Waals surface area contributed by atoms with Crippen molar-refractivity contribution in [2.45, 2.75) is 20.0 Å². The molecule has 1 amide bonds. The van der Waals surface area contributed by atoms with Crippen LogP contribution in [-0.2, 0) is 6.61 Å². The third-order valence-electron chi connectivity index (χ3n) is 4.06. The lowest BCUT2D eigenvalue weighted by atomic mass is 10.1. The predicted molar refractivity (Wildman–Crippen MR) is 116 cm³/mol. The average Bonchev–Trinajstić information content (AvgIpc) is 3.22. The average molecular weight is 410 g/mol. The lowest BCUT2D eigenvalue weighted by Gasteiger charge is -2.10. The molecule has 3 N–H and O–H groups in total. The van der Waals surface area contributed by atoms with Crippen LogP contribution in [0.3, 0.4) is 0 Å². The Hall–Kier alpha value is -3.16. The van der Waals surface area contributed by atoms with Gasteiger partial charge in [0.25, 0.3) is 5.91 Å². The Kier molecular flexibility index (Phi) is 6.99. The summed E-state index contributed by atoms with van der Waals surface area (Å²) in [7, 11) is 0. The van der Waals surface area contributed by atoms with E-state index in [1.165, 1.54) is 0 Å². The van der Waals surface area contributed by atoms with Gasteiger partial charge in [0, 0.05) is 16.8 Å². The second-order valence-electron chi connectivity index (χ2n) is 6.28. The van der Waals surface area contributed by atoms with Crippen LogP contribution in [0.25, 0.3) is 11.3 Å². The molecule has 0 atom stereocenters. The van der Waals surface area contributed by atoms with Gasteiger partial charge in [-0.25, -0.2) is 0 Å². The largest absolute Gasteiger partial charge is 0.494 e. The molecule has 29 heavy (non-hydrogen) atoms. The van der Waals surface area contributed by atoms with Gasteiger partial charge >= 0.3 is 0 Å². The van der Waals surface area contributed by atoms with E-state index in [-0.39, 0.29) is 17.6 Å². The monoisotopic (exact) mass is 410 g/mol. The molecule has 3 aromatic rings. The van der Waals surface area contributed by atoms with Crippen molar-refractivity contribution in [1.29, 1.82) is 0 Å². The molecule has 6 nitrogen and oxygen atoms in total. The van der Waals surface area contributed by atoms with Crippen molar-refractivity contribution in [1.82, 2.24) is 5.32 Å². The summed E-state index contributed by atoms with van der Waals surface area (Å²) in [6, 6.07) is 17.8. The molecule has 0 saturated heterocycles. The van der Waals surface area contributed by atoms with Crippen LogP contribution in [-0.4, -0.2) is 22.7 Å². The Labute approximate surface area is 174 Å². The van der Waals surface area contributed by atoms with Crippen LogP contribution in [0.15, 0.2) is 65.1 Å². The molecule has 0 spiro atoms. The highest BCUT2D eigenvalue weighted by Crippen LogP contribution is 2.24. The van der Waals surface area contributed by atoms with E-state index >= 15 is 0 Å². The quantitative estimate of drug-likeness (QED) is 0.502. The Morgan fingerprint density at radius 2 is 1.79 bits per heavy atom. The fraction of sp³-hybridized carbons (Fsp3) is 0.182. The van der Waals surface area contributed by atoms with E-state index in [0.717, 1.165) is 23.4 Å². The highest BCUT2D eigenvalue weighted by molar-refractivity contribution is 7.80. The zero-order chi connectivity index (χ0) is 20.6. The maximum absolute atomic E-state index is 12.3. The lowest BCUT2D eigenvalue weighted by Crippen LogP contribution is -2.34. The molecule has 3 rings (SSSR count). The van der Waals surface area contributed by atoms with Crippen LogP contribution in [0, 0.1) is 0 Å². The molecular weight excluding hydrogens is 388 g/mol. The van der Waals surface area contributed by atoms with Crippen LogP contribution in [0.4, 0.5) is 5.69 Å². The number of carbonyl (C=O) groups is 1. The summed E-state index contributed by atoms with van der Waals surface area (Å²) in [5.74, 6) is 1.61. The number of aliphatic hydroxyl groups excluding tert-OH is 1. The van der Waals surface area contributed by atoms with Crippen molar-refractivity contribution in [3.8, 4) is 17.1 Å². The minimum absolute atomic E-state index is 0.137. The first-order valence-corrected chi connectivity index (χ1v) is 9.65. The van der Waals surface area contributed by atoms with E-state index in [1.807, 2.05) is 31.2 Å². The fourth-order valence-corrected chi connectivity index (χ4v) is 2.81. The van der Waals surface area contributed by atoms with Crippen molar-refractivity contribution in [3.63, 3.8) is 0 Å². The summed E-state index contributed by atoms with van der Waals surface area (Å²) in [4.78, 5) is 12.3. The van der Waals surface area contributed by atoms with Crippen molar-refractivity contribution in [2.24, 2.45) is 0 Å². The van der Waals surface area contributed by atoms with Gasteiger partial charge in [-0.3, -0.25) is 10.1 Å². The molecule has 1 aromatic heterocycles. The molecular formula is C22H22N2O4S. The van der Waals surface area contributed by atoms with Gasteiger partial charge in [-0.1, -0.05) is 6.92 Å². The summed E-state index contributed by atoms with van der Waals surface area (Å²) >= 11 is 5.23. The van der Waals surface area contributed by atoms with Gasteiger partial charge in [-0.2, -0.15) is 0 Å². The molecule has 0 unspecified atom stereocenters. The molecule has 0 radical (unpaired) electrons. The number of benzene rings is 2. The maximum atomic E-state index is 12.3. The minimum atomic E-state index is -0.298. The topological polar surface area (TPSA) is 83.7 Å².